The molecule has 0 saturated carbocycles. The first-order valence-electron chi connectivity index (χ1n) is 6.79. The third kappa shape index (κ3) is 3.57. The Hall–Kier alpha value is -1.42. The van der Waals surface area contributed by atoms with Crippen molar-refractivity contribution in [2.45, 2.75) is 32.4 Å². The topological polar surface area (TPSA) is 42.2 Å². The second kappa shape index (κ2) is 5.92. The Labute approximate surface area is 124 Å². The van der Waals surface area contributed by atoms with E-state index in [1.54, 1.807) is 0 Å². The van der Waals surface area contributed by atoms with Gasteiger partial charge in [-0.3, -0.25) is 4.79 Å². The zero-order valence-electron chi connectivity index (χ0n) is 12.4. The van der Waals surface area contributed by atoms with Crippen molar-refractivity contribution in [1.82, 2.24) is 5.32 Å². The Morgan fingerprint density at radius 3 is 2.65 bits per heavy atom. The number of hydrogen-bond acceptors (Lipinski definition) is 3. The molecule has 108 valence electrons. The first kappa shape index (κ1) is 15.0. The zero-order chi connectivity index (χ0) is 14.8. The molecule has 1 aromatic carbocycles. The maximum Gasteiger partial charge on any atom is 0.287 e. The van der Waals surface area contributed by atoms with E-state index < -0.39 is 0 Å². The standard InChI is InChI=1S/C16H21NO2S/c1-11-12-7-5-6-8-13(12)19-14(11)15(18)17-9-10-20-16(2,3)4/h5-8H,9-10H2,1-4H3,(H,17,18). The summed E-state index contributed by atoms with van der Waals surface area (Å²) in [6, 6.07) is 7.72. The van der Waals surface area contributed by atoms with Crippen LogP contribution in [0.3, 0.4) is 0 Å². The molecule has 0 fully saturated rings. The Bertz CT molecular complexity index is 610. The molecule has 0 aliphatic carbocycles. The normalized spacial score (nSPS) is 11.8. The average Bonchev–Trinajstić information content (AvgIpc) is 2.72. The molecule has 20 heavy (non-hydrogen) atoms. The summed E-state index contributed by atoms with van der Waals surface area (Å²) in [5, 5.41) is 3.92. The van der Waals surface area contributed by atoms with Gasteiger partial charge in [0.15, 0.2) is 5.76 Å². The molecule has 0 unspecified atom stereocenters. The summed E-state index contributed by atoms with van der Waals surface area (Å²) >= 11 is 1.83. The Kier molecular flexibility index (Phi) is 4.43. The van der Waals surface area contributed by atoms with Crippen LogP contribution in [-0.4, -0.2) is 23.0 Å². The molecule has 1 heterocycles. The highest BCUT2D eigenvalue weighted by molar-refractivity contribution is 8.00. The van der Waals surface area contributed by atoms with E-state index in [4.69, 9.17) is 4.42 Å². The number of carbonyl (C=O) groups excluding carboxylic acids is 1. The molecular weight excluding hydrogens is 270 g/mol. The lowest BCUT2D eigenvalue weighted by Gasteiger charge is -2.17. The van der Waals surface area contributed by atoms with Crippen molar-refractivity contribution in [1.29, 1.82) is 0 Å². The van der Waals surface area contributed by atoms with Crippen molar-refractivity contribution in [3.05, 3.63) is 35.6 Å². The van der Waals surface area contributed by atoms with Gasteiger partial charge in [0.2, 0.25) is 0 Å². The van der Waals surface area contributed by atoms with E-state index in [1.807, 2.05) is 43.0 Å². The number of nitrogens with one attached hydrogen (secondary N) is 1. The second-order valence-electron chi connectivity index (χ2n) is 5.77. The van der Waals surface area contributed by atoms with Gasteiger partial charge in [-0.05, 0) is 13.0 Å². The molecule has 0 aliphatic heterocycles. The first-order valence-corrected chi connectivity index (χ1v) is 7.77. The molecule has 0 atom stereocenters. The van der Waals surface area contributed by atoms with E-state index in [0.29, 0.717) is 12.3 Å². The molecule has 1 aromatic heterocycles. The van der Waals surface area contributed by atoms with Crippen LogP contribution in [0.5, 0.6) is 0 Å². The zero-order valence-corrected chi connectivity index (χ0v) is 13.3. The van der Waals surface area contributed by atoms with Gasteiger partial charge in [0.25, 0.3) is 5.91 Å². The number of thioether (sulfide) groups is 1. The maximum atomic E-state index is 12.1. The SMILES string of the molecule is Cc1c(C(=O)NCCSC(C)(C)C)oc2ccccc12. The van der Waals surface area contributed by atoms with E-state index in [-0.39, 0.29) is 10.7 Å². The van der Waals surface area contributed by atoms with Crippen LogP contribution in [0.15, 0.2) is 28.7 Å². The number of furan rings is 1. The van der Waals surface area contributed by atoms with E-state index >= 15 is 0 Å². The number of para-hydroxylation sites is 1. The van der Waals surface area contributed by atoms with Gasteiger partial charge in [-0.15, -0.1) is 0 Å². The molecule has 0 saturated heterocycles. The van der Waals surface area contributed by atoms with Gasteiger partial charge < -0.3 is 9.73 Å². The third-order valence-electron chi connectivity index (χ3n) is 2.97. The highest BCUT2D eigenvalue weighted by Crippen LogP contribution is 2.25. The van der Waals surface area contributed by atoms with Crippen LogP contribution in [0.25, 0.3) is 11.0 Å². The van der Waals surface area contributed by atoms with Crippen LogP contribution >= 0.6 is 11.8 Å². The minimum atomic E-state index is -0.131. The maximum absolute atomic E-state index is 12.1. The predicted molar refractivity (Wildman–Crippen MR) is 85.5 cm³/mol. The number of amides is 1. The lowest BCUT2D eigenvalue weighted by atomic mass is 10.1. The van der Waals surface area contributed by atoms with E-state index in [2.05, 4.69) is 26.1 Å². The molecule has 0 aliphatic rings. The highest BCUT2D eigenvalue weighted by atomic mass is 32.2. The molecule has 2 aromatic rings. The van der Waals surface area contributed by atoms with Crippen LogP contribution in [0.1, 0.15) is 36.9 Å². The average molecular weight is 291 g/mol. The van der Waals surface area contributed by atoms with Gasteiger partial charge in [-0.1, -0.05) is 39.0 Å². The summed E-state index contributed by atoms with van der Waals surface area (Å²) in [4.78, 5) is 12.1. The summed E-state index contributed by atoms with van der Waals surface area (Å²) in [6.07, 6.45) is 0. The van der Waals surface area contributed by atoms with Crippen molar-refractivity contribution in [2.75, 3.05) is 12.3 Å². The van der Waals surface area contributed by atoms with Crippen molar-refractivity contribution >= 4 is 28.6 Å². The minimum Gasteiger partial charge on any atom is -0.451 e. The number of benzene rings is 1. The molecule has 3 nitrogen and oxygen atoms in total. The van der Waals surface area contributed by atoms with Crippen molar-refractivity contribution in [3.8, 4) is 0 Å². The summed E-state index contributed by atoms with van der Waals surface area (Å²) in [5.74, 6) is 1.19. The minimum absolute atomic E-state index is 0.131. The van der Waals surface area contributed by atoms with Crippen LogP contribution in [0.4, 0.5) is 0 Å². The molecular formula is C16H21NO2S. The van der Waals surface area contributed by atoms with E-state index in [9.17, 15) is 4.79 Å². The lowest BCUT2D eigenvalue weighted by molar-refractivity contribution is 0.0930. The van der Waals surface area contributed by atoms with Crippen molar-refractivity contribution < 1.29 is 9.21 Å². The van der Waals surface area contributed by atoms with Gasteiger partial charge in [0, 0.05) is 28.0 Å². The van der Waals surface area contributed by atoms with E-state index in [0.717, 1.165) is 22.3 Å². The summed E-state index contributed by atoms with van der Waals surface area (Å²) in [6.45, 7) is 9.08. The Morgan fingerprint density at radius 2 is 2.00 bits per heavy atom. The largest absolute Gasteiger partial charge is 0.451 e. The fraction of sp³-hybridized carbons (Fsp3) is 0.438. The molecule has 1 N–H and O–H groups in total. The Morgan fingerprint density at radius 1 is 1.30 bits per heavy atom. The highest BCUT2D eigenvalue weighted by Gasteiger charge is 2.17. The molecule has 0 bridgehead atoms. The van der Waals surface area contributed by atoms with Crippen LogP contribution < -0.4 is 5.32 Å². The smallest absolute Gasteiger partial charge is 0.287 e. The van der Waals surface area contributed by atoms with Crippen LogP contribution in [-0.2, 0) is 0 Å². The van der Waals surface area contributed by atoms with Gasteiger partial charge in [0.05, 0.1) is 0 Å². The summed E-state index contributed by atoms with van der Waals surface area (Å²) in [5.41, 5.74) is 1.67. The summed E-state index contributed by atoms with van der Waals surface area (Å²) < 4.78 is 5.86. The van der Waals surface area contributed by atoms with Crippen molar-refractivity contribution in [2.24, 2.45) is 0 Å². The van der Waals surface area contributed by atoms with Gasteiger partial charge >= 0.3 is 0 Å². The Balaban J connectivity index is 1.99. The molecule has 1 amide bonds. The quantitative estimate of drug-likeness (QED) is 0.866. The number of carbonyl (C=O) groups is 1. The predicted octanol–water partition coefficient (Wildman–Crippen LogP) is 4.00. The molecule has 4 heteroatoms. The molecule has 2 rings (SSSR count). The van der Waals surface area contributed by atoms with Crippen molar-refractivity contribution in [3.63, 3.8) is 0 Å². The second-order valence-corrected chi connectivity index (χ2v) is 7.69. The van der Waals surface area contributed by atoms with Crippen LogP contribution in [0, 0.1) is 6.92 Å². The number of rotatable bonds is 4. The molecule has 0 spiro atoms. The fourth-order valence-electron chi connectivity index (χ4n) is 1.99. The van der Waals surface area contributed by atoms with E-state index in [1.165, 1.54) is 0 Å². The molecule has 0 radical (unpaired) electrons. The summed E-state index contributed by atoms with van der Waals surface area (Å²) in [7, 11) is 0. The van der Waals surface area contributed by atoms with Crippen LogP contribution in [0.2, 0.25) is 0 Å². The van der Waals surface area contributed by atoms with Gasteiger partial charge in [0.1, 0.15) is 5.58 Å². The monoisotopic (exact) mass is 291 g/mol. The van der Waals surface area contributed by atoms with Gasteiger partial charge in [-0.25, -0.2) is 0 Å². The third-order valence-corrected chi connectivity index (χ3v) is 4.25. The lowest BCUT2D eigenvalue weighted by Crippen LogP contribution is -2.27. The first-order chi connectivity index (χ1) is 9.38. The fourth-order valence-corrected chi connectivity index (χ4v) is 2.81. The van der Waals surface area contributed by atoms with Gasteiger partial charge in [-0.2, -0.15) is 11.8 Å². The number of aryl methyl sites for hydroxylation is 1. The number of fused-ring (bicyclic) bond motifs is 1. The number of hydrogen-bond donors (Lipinski definition) is 1.